The molecule has 8 nitrogen and oxygen atoms in total. The van der Waals surface area contributed by atoms with Crippen molar-refractivity contribution in [2.24, 2.45) is 5.92 Å². The van der Waals surface area contributed by atoms with Crippen LogP contribution >= 0.6 is 7.60 Å². The van der Waals surface area contributed by atoms with Crippen molar-refractivity contribution in [3.63, 3.8) is 0 Å². The molecule has 0 N–H and O–H groups in total. The second-order valence-corrected chi connectivity index (χ2v) is 12.8. The Hall–Kier alpha value is -3.45. The van der Waals surface area contributed by atoms with Gasteiger partial charge in [0.05, 0.1) is 54.5 Å². The highest BCUT2D eigenvalue weighted by atomic mass is 31.2. The molecule has 2 heterocycles. The predicted octanol–water partition coefficient (Wildman–Crippen LogP) is 7.06. The van der Waals surface area contributed by atoms with E-state index in [4.69, 9.17) is 14.0 Å². The zero-order valence-electron chi connectivity index (χ0n) is 24.3. The van der Waals surface area contributed by atoms with Crippen LogP contribution in [0.1, 0.15) is 51.1 Å². The van der Waals surface area contributed by atoms with E-state index in [1.807, 2.05) is 89.7 Å². The lowest BCUT2D eigenvalue weighted by Gasteiger charge is -2.17. The molecule has 0 aliphatic heterocycles. The van der Waals surface area contributed by atoms with Gasteiger partial charge < -0.3 is 13.6 Å². The zero-order chi connectivity index (χ0) is 29.0. The monoisotopic (exact) mass is 574 g/mol. The summed E-state index contributed by atoms with van der Waals surface area (Å²) in [4.78, 5) is 18.8. The van der Waals surface area contributed by atoms with E-state index < -0.39 is 7.60 Å². The number of hydrogen-bond donors (Lipinski definition) is 0. The minimum Gasteiger partial charge on any atom is -0.326 e. The van der Waals surface area contributed by atoms with Crippen molar-refractivity contribution in [1.29, 1.82) is 0 Å². The molecule has 0 spiro atoms. The van der Waals surface area contributed by atoms with Crippen LogP contribution in [0.5, 0.6) is 0 Å². The number of aromatic nitrogens is 4. The summed E-state index contributed by atoms with van der Waals surface area (Å²) in [5, 5.41) is 0. The van der Waals surface area contributed by atoms with Crippen LogP contribution in [-0.2, 0) is 39.4 Å². The first-order chi connectivity index (χ1) is 19.8. The number of rotatable bonds is 13. The first-order valence-electron chi connectivity index (χ1n) is 14.4. The molecule has 5 aromatic rings. The maximum absolute atomic E-state index is 13.9. The van der Waals surface area contributed by atoms with E-state index >= 15 is 0 Å². The Balaban J connectivity index is 1.46. The minimum atomic E-state index is -3.19. The van der Waals surface area contributed by atoms with Gasteiger partial charge >= 0.3 is 13.3 Å². The Morgan fingerprint density at radius 2 is 1.32 bits per heavy atom. The molecule has 0 fully saturated rings. The van der Waals surface area contributed by atoms with Crippen molar-refractivity contribution in [2.75, 3.05) is 13.2 Å². The molecule has 0 atom stereocenters. The number of benzene rings is 3. The third-order valence-corrected chi connectivity index (χ3v) is 9.34. The molecular weight excluding hydrogens is 535 g/mol. The smallest absolute Gasteiger partial charge is 0.326 e. The summed E-state index contributed by atoms with van der Waals surface area (Å²) in [6, 6.07) is 23.9. The van der Waals surface area contributed by atoms with Gasteiger partial charge in [-0.05, 0) is 61.6 Å². The molecule has 0 amide bonds. The first kappa shape index (κ1) is 29.1. The summed E-state index contributed by atoms with van der Waals surface area (Å²) in [6.07, 6.45) is 1.25. The van der Waals surface area contributed by atoms with E-state index in [0.717, 1.165) is 52.0 Å². The Labute approximate surface area is 241 Å². The Morgan fingerprint density at radius 3 is 1.93 bits per heavy atom. The fraction of sp³-hybridized carbons (Fsp3) is 0.375. The molecule has 216 valence electrons. The molecule has 2 aromatic heterocycles. The van der Waals surface area contributed by atoms with Gasteiger partial charge in [0.2, 0.25) is 0 Å². The lowest BCUT2D eigenvalue weighted by molar-refractivity contribution is 0.219. The van der Waals surface area contributed by atoms with Crippen LogP contribution in [-0.4, -0.2) is 31.9 Å². The van der Waals surface area contributed by atoms with Crippen molar-refractivity contribution < 1.29 is 13.6 Å². The van der Waals surface area contributed by atoms with Gasteiger partial charge in [-0.1, -0.05) is 62.4 Å². The standard InChI is InChI=1S/C32H39N4O4P/c1-5-39-41(38,40-6-2)23-26-17-15-25(16-18-26)21-35-29-13-9-10-14-30(29)36(32(35)37)22-31-33-27-11-7-8-12-28(27)34(31)20-19-24(3)4/h7-18,24H,5-6,19-23H2,1-4H3. The zero-order valence-corrected chi connectivity index (χ0v) is 25.2. The third-order valence-electron chi connectivity index (χ3n) is 7.28. The molecule has 0 aliphatic rings. The number of fused-ring (bicyclic) bond motifs is 2. The van der Waals surface area contributed by atoms with Crippen molar-refractivity contribution in [3.05, 3.63) is 100 Å². The van der Waals surface area contributed by atoms with Gasteiger partial charge in [-0.3, -0.25) is 13.7 Å². The van der Waals surface area contributed by atoms with Gasteiger partial charge in [0.1, 0.15) is 5.82 Å². The van der Waals surface area contributed by atoms with E-state index in [2.05, 4.69) is 24.5 Å². The fourth-order valence-corrected chi connectivity index (χ4v) is 6.98. The summed E-state index contributed by atoms with van der Waals surface area (Å²) < 4.78 is 29.8. The second-order valence-electron chi connectivity index (χ2n) is 10.7. The highest BCUT2D eigenvalue weighted by molar-refractivity contribution is 7.53. The SMILES string of the molecule is CCOP(=O)(Cc1ccc(Cn2c(=O)n(Cc3nc4ccccc4n3CCC(C)C)c3ccccc32)cc1)OCC. The van der Waals surface area contributed by atoms with Gasteiger partial charge in [0.25, 0.3) is 0 Å². The van der Waals surface area contributed by atoms with Crippen LogP contribution in [0.15, 0.2) is 77.6 Å². The normalized spacial score (nSPS) is 12.2. The number of aryl methyl sites for hydroxylation is 1. The summed E-state index contributed by atoms with van der Waals surface area (Å²) in [7, 11) is -3.19. The lowest BCUT2D eigenvalue weighted by atomic mass is 10.1. The van der Waals surface area contributed by atoms with E-state index in [1.54, 1.807) is 0 Å². The molecule has 3 aromatic carbocycles. The van der Waals surface area contributed by atoms with E-state index in [9.17, 15) is 9.36 Å². The van der Waals surface area contributed by atoms with Crippen molar-refractivity contribution >= 4 is 29.7 Å². The minimum absolute atomic E-state index is 0.0741. The predicted molar refractivity (Wildman–Crippen MR) is 165 cm³/mol. The van der Waals surface area contributed by atoms with Crippen LogP contribution in [0, 0.1) is 5.92 Å². The van der Waals surface area contributed by atoms with E-state index in [-0.39, 0.29) is 11.9 Å². The maximum atomic E-state index is 13.9. The van der Waals surface area contributed by atoms with Gasteiger partial charge in [0.15, 0.2) is 0 Å². The molecule has 41 heavy (non-hydrogen) atoms. The molecule has 0 bridgehead atoms. The molecular formula is C32H39N4O4P. The van der Waals surface area contributed by atoms with Crippen LogP contribution < -0.4 is 5.69 Å². The van der Waals surface area contributed by atoms with Crippen molar-refractivity contribution in [1.82, 2.24) is 18.7 Å². The lowest BCUT2D eigenvalue weighted by Crippen LogP contribution is -2.26. The molecule has 0 saturated carbocycles. The molecule has 0 aliphatic carbocycles. The third kappa shape index (κ3) is 6.40. The molecule has 5 rings (SSSR count). The van der Waals surface area contributed by atoms with Crippen molar-refractivity contribution in [2.45, 2.75) is 59.9 Å². The topological polar surface area (TPSA) is 80.3 Å². The first-order valence-corrected chi connectivity index (χ1v) is 16.1. The highest BCUT2D eigenvalue weighted by Gasteiger charge is 2.24. The van der Waals surface area contributed by atoms with Gasteiger partial charge in [-0.2, -0.15) is 0 Å². The summed E-state index contributed by atoms with van der Waals surface area (Å²) in [6.45, 7) is 10.4. The van der Waals surface area contributed by atoms with Crippen LogP contribution in [0.2, 0.25) is 0 Å². The van der Waals surface area contributed by atoms with E-state index in [1.165, 1.54) is 0 Å². The molecule has 0 unspecified atom stereocenters. The molecule has 9 heteroatoms. The van der Waals surface area contributed by atoms with Crippen molar-refractivity contribution in [3.8, 4) is 0 Å². The van der Waals surface area contributed by atoms with Gasteiger partial charge in [0, 0.05) is 6.54 Å². The Morgan fingerprint density at radius 1 is 0.756 bits per heavy atom. The average Bonchev–Trinajstić information content (AvgIpc) is 3.43. The number of para-hydroxylation sites is 4. The summed E-state index contributed by atoms with van der Waals surface area (Å²) in [5.41, 5.74) is 5.57. The van der Waals surface area contributed by atoms with Crippen LogP contribution in [0.25, 0.3) is 22.1 Å². The maximum Gasteiger partial charge on any atom is 0.335 e. The molecule has 0 radical (unpaired) electrons. The van der Waals surface area contributed by atoms with Gasteiger partial charge in [-0.25, -0.2) is 9.78 Å². The Kier molecular flexibility index (Phi) is 8.93. The number of hydrogen-bond acceptors (Lipinski definition) is 5. The summed E-state index contributed by atoms with van der Waals surface area (Å²) >= 11 is 0. The van der Waals surface area contributed by atoms with E-state index in [0.29, 0.717) is 32.2 Å². The number of imidazole rings is 2. The van der Waals surface area contributed by atoms with Crippen LogP contribution in [0.4, 0.5) is 0 Å². The summed E-state index contributed by atoms with van der Waals surface area (Å²) in [5.74, 6) is 1.44. The largest absolute Gasteiger partial charge is 0.335 e. The second kappa shape index (κ2) is 12.6. The highest BCUT2D eigenvalue weighted by Crippen LogP contribution is 2.51. The quantitative estimate of drug-likeness (QED) is 0.141. The average molecular weight is 575 g/mol. The van der Waals surface area contributed by atoms with Crippen LogP contribution in [0.3, 0.4) is 0 Å². The Bertz CT molecular complexity index is 1720. The van der Waals surface area contributed by atoms with Gasteiger partial charge in [-0.15, -0.1) is 0 Å². The number of nitrogens with zero attached hydrogens (tertiary/aromatic N) is 4. The fourth-order valence-electron chi connectivity index (χ4n) is 5.28. The molecule has 0 saturated heterocycles.